The summed E-state index contributed by atoms with van der Waals surface area (Å²) in [5.41, 5.74) is 0.820. The van der Waals surface area contributed by atoms with Crippen LogP contribution < -0.4 is 10.1 Å². The molecule has 1 aromatic rings. The van der Waals surface area contributed by atoms with Crippen molar-refractivity contribution in [3.63, 3.8) is 0 Å². The molecule has 0 saturated carbocycles. The van der Waals surface area contributed by atoms with Gasteiger partial charge in [0.1, 0.15) is 12.4 Å². The molecule has 1 saturated heterocycles. The molecule has 160 valence electrons. The van der Waals surface area contributed by atoms with E-state index in [9.17, 15) is 17.2 Å². The molecule has 0 aliphatic carbocycles. The van der Waals surface area contributed by atoms with Gasteiger partial charge in [0.25, 0.3) is 6.43 Å². The Bertz CT molecular complexity index is 773. The maximum atomic E-state index is 12.3. The van der Waals surface area contributed by atoms with Crippen LogP contribution in [-0.4, -0.2) is 62.4 Å². The standard InChI is InChI=1S/C18H27F2N3O3S.HI/c1-4-21-17(23-8-9-27(24,25)18(2,3)13-23)22-11-14-6-5-7-15(10-14)26-12-16(19)20;/h5-7,10,16H,4,8-9,11-13H2,1-3H3,(H,21,22);1H. The first-order valence-electron chi connectivity index (χ1n) is 8.90. The number of nitrogens with one attached hydrogen (secondary N) is 1. The fraction of sp³-hybridized carbons (Fsp3) is 0.611. The molecule has 0 atom stereocenters. The van der Waals surface area contributed by atoms with Crippen LogP contribution >= 0.6 is 24.0 Å². The molecule has 1 aromatic carbocycles. The second kappa shape index (κ2) is 10.6. The molecule has 28 heavy (non-hydrogen) atoms. The summed E-state index contributed by atoms with van der Waals surface area (Å²) in [6.07, 6.45) is -2.52. The van der Waals surface area contributed by atoms with Crippen LogP contribution in [0, 0.1) is 0 Å². The maximum absolute atomic E-state index is 12.3. The number of nitrogens with zero attached hydrogens (tertiary/aromatic N) is 2. The zero-order valence-corrected chi connectivity index (χ0v) is 19.5. The number of hydrogen-bond acceptors (Lipinski definition) is 4. The van der Waals surface area contributed by atoms with Crippen molar-refractivity contribution in [1.29, 1.82) is 0 Å². The Morgan fingerprint density at radius 2 is 2.11 bits per heavy atom. The van der Waals surface area contributed by atoms with Crippen LogP contribution in [0.25, 0.3) is 0 Å². The molecule has 0 spiro atoms. The van der Waals surface area contributed by atoms with Crippen LogP contribution in [0.5, 0.6) is 5.75 Å². The van der Waals surface area contributed by atoms with Gasteiger partial charge in [-0.1, -0.05) is 12.1 Å². The Hall–Kier alpha value is -1.17. The van der Waals surface area contributed by atoms with Crippen LogP contribution in [0.15, 0.2) is 29.3 Å². The summed E-state index contributed by atoms with van der Waals surface area (Å²) >= 11 is 0. The molecule has 0 radical (unpaired) electrons. The van der Waals surface area contributed by atoms with Gasteiger partial charge in [-0.2, -0.15) is 0 Å². The lowest BCUT2D eigenvalue weighted by molar-refractivity contribution is 0.0818. The van der Waals surface area contributed by atoms with E-state index in [1.54, 1.807) is 32.0 Å². The van der Waals surface area contributed by atoms with Crippen LogP contribution in [0.2, 0.25) is 0 Å². The van der Waals surface area contributed by atoms with E-state index in [-0.39, 0.29) is 29.7 Å². The fourth-order valence-corrected chi connectivity index (χ4v) is 4.18. The molecule has 0 bridgehead atoms. The summed E-state index contributed by atoms with van der Waals surface area (Å²) in [4.78, 5) is 6.54. The average Bonchev–Trinajstić information content (AvgIpc) is 2.59. The van der Waals surface area contributed by atoms with Gasteiger partial charge < -0.3 is 15.0 Å². The lowest BCUT2D eigenvalue weighted by atomic mass is 10.2. The molecule has 1 heterocycles. The van der Waals surface area contributed by atoms with Gasteiger partial charge in [0.05, 0.1) is 17.0 Å². The number of rotatable bonds is 6. The summed E-state index contributed by atoms with van der Waals surface area (Å²) < 4.78 is 53.2. The first-order chi connectivity index (χ1) is 12.6. The number of sulfone groups is 1. The molecule has 0 amide bonds. The molecule has 2 rings (SSSR count). The highest BCUT2D eigenvalue weighted by Crippen LogP contribution is 2.24. The minimum atomic E-state index is -3.13. The predicted octanol–water partition coefficient (Wildman–Crippen LogP) is 2.92. The number of ether oxygens (including phenoxy) is 1. The minimum absolute atomic E-state index is 0. The normalized spacial score (nSPS) is 18.5. The Kier molecular flexibility index (Phi) is 9.38. The second-order valence-corrected chi connectivity index (χ2v) is 9.76. The molecule has 1 aliphatic heterocycles. The Morgan fingerprint density at radius 3 is 2.71 bits per heavy atom. The monoisotopic (exact) mass is 531 g/mol. The summed E-state index contributed by atoms with van der Waals surface area (Å²) in [6.45, 7) is 6.47. The number of hydrogen-bond donors (Lipinski definition) is 1. The van der Waals surface area contributed by atoms with E-state index >= 15 is 0 Å². The van der Waals surface area contributed by atoms with Crippen molar-refractivity contribution in [2.45, 2.75) is 38.5 Å². The molecule has 1 aliphatic rings. The maximum Gasteiger partial charge on any atom is 0.272 e. The highest BCUT2D eigenvalue weighted by molar-refractivity contribution is 14.0. The van der Waals surface area contributed by atoms with Crippen molar-refractivity contribution in [3.05, 3.63) is 29.8 Å². The van der Waals surface area contributed by atoms with E-state index in [0.29, 0.717) is 37.9 Å². The van der Waals surface area contributed by atoms with Crippen molar-refractivity contribution in [3.8, 4) is 5.75 Å². The number of aliphatic imine (C=N–C) groups is 1. The largest absolute Gasteiger partial charge is 0.488 e. The van der Waals surface area contributed by atoms with Gasteiger partial charge in [-0.25, -0.2) is 22.2 Å². The Labute approximate surface area is 182 Å². The Balaban J connectivity index is 0.00000392. The number of alkyl halides is 2. The zero-order valence-electron chi connectivity index (χ0n) is 16.3. The lowest BCUT2D eigenvalue weighted by Crippen LogP contribution is -2.57. The van der Waals surface area contributed by atoms with Crippen molar-refractivity contribution < 1.29 is 21.9 Å². The van der Waals surface area contributed by atoms with E-state index < -0.39 is 27.6 Å². The second-order valence-electron chi connectivity index (χ2n) is 7.02. The van der Waals surface area contributed by atoms with Crippen LogP contribution in [-0.2, 0) is 16.4 Å². The smallest absolute Gasteiger partial charge is 0.272 e. The highest BCUT2D eigenvalue weighted by atomic mass is 127. The summed E-state index contributed by atoms with van der Waals surface area (Å²) in [7, 11) is -3.13. The van der Waals surface area contributed by atoms with Crippen molar-refractivity contribution in [2.75, 3.05) is 32.0 Å². The van der Waals surface area contributed by atoms with Gasteiger partial charge in [-0.3, -0.25) is 0 Å². The van der Waals surface area contributed by atoms with Gasteiger partial charge in [0, 0.05) is 19.6 Å². The summed E-state index contributed by atoms with van der Waals surface area (Å²) in [6, 6.07) is 6.88. The molecule has 0 aromatic heterocycles. The molecule has 6 nitrogen and oxygen atoms in total. The average molecular weight is 531 g/mol. The van der Waals surface area contributed by atoms with Crippen molar-refractivity contribution >= 4 is 39.8 Å². The lowest BCUT2D eigenvalue weighted by Gasteiger charge is -2.39. The van der Waals surface area contributed by atoms with Gasteiger partial charge in [0.15, 0.2) is 15.8 Å². The highest BCUT2D eigenvalue weighted by Gasteiger charge is 2.40. The topological polar surface area (TPSA) is 71.0 Å². The first kappa shape index (κ1) is 24.9. The minimum Gasteiger partial charge on any atom is -0.488 e. The third kappa shape index (κ3) is 6.71. The van der Waals surface area contributed by atoms with Gasteiger partial charge in [-0.15, -0.1) is 24.0 Å². The van der Waals surface area contributed by atoms with E-state index in [4.69, 9.17) is 4.74 Å². The Morgan fingerprint density at radius 1 is 1.39 bits per heavy atom. The van der Waals surface area contributed by atoms with Gasteiger partial charge >= 0.3 is 0 Å². The van der Waals surface area contributed by atoms with E-state index in [1.165, 1.54) is 0 Å². The number of guanidine groups is 1. The van der Waals surface area contributed by atoms with E-state index in [2.05, 4.69) is 10.3 Å². The zero-order chi connectivity index (χ0) is 20.1. The molecule has 1 N–H and O–H groups in total. The van der Waals surface area contributed by atoms with E-state index in [1.807, 2.05) is 17.9 Å². The van der Waals surface area contributed by atoms with Crippen molar-refractivity contribution in [1.82, 2.24) is 10.2 Å². The number of halogens is 3. The van der Waals surface area contributed by atoms with Crippen LogP contribution in [0.1, 0.15) is 26.3 Å². The molecule has 0 unspecified atom stereocenters. The molecular formula is C18H28F2IN3O3S. The summed E-state index contributed by atoms with van der Waals surface area (Å²) in [5, 5.41) is 3.19. The third-order valence-corrected chi connectivity index (χ3v) is 6.90. The predicted molar refractivity (Wildman–Crippen MR) is 118 cm³/mol. The molecule has 10 heteroatoms. The van der Waals surface area contributed by atoms with Crippen LogP contribution in [0.4, 0.5) is 8.78 Å². The molecule has 1 fully saturated rings. The van der Waals surface area contributed by atoms with Gasteiger partial charge in [-0.05, 0) is 38.5 Å². The third-order valence-electron chi connectivity index (χ3n) is 4.36. The van der Waals surface area contributed by atoms with Gasteiger partial charge in [0.2, 0.25) is 0 Å². The van der Waals surface area contributed by atoms with Crippen molar-refractivity contribution in [2.24, 2.45) is 4.99 Å². The number of benzene rings is 1. The SMILES string of the molecule is CCNC(=NCc1cccc(OCC(F)F)c1)N1CCS(=O)(=O)C(C)(C)C1.I. The van der Waals surface area contributed by atoms with Crippen LogP contribution in [0.3, 0.4) is 0 Å². The fourth-order valence-electron chi connectivity index (χ4n) is 2.81. The molecular weight excluding hydrogens is 503 g/mol. The quantitative estimate of drug-likeness (QED) is 0.348. The first-order valence-corrected chi connectivity index (χ1v) is 10.6. The summed E-state index contributed by atoms with van der Waals surface area (Å²) in [5.74, 6) is 1.10. The van der Waals surface area contributed by atoms with E-state index in [0.717, 1.165) is 5.56 Å².